The first-order chi connectivity index (χ1) is 16.4. The molecule has 0 atom stereocenters. The lowest BCUT2D eigenvalue weighted by atomic mass is 9.97. The van der Waals surface area contributed by atoms with Crippen molar-refractivity contribution in [3.63, 3.8) is 0 Å². The number of aromatic nitrogens is 1. The zero-order valence-electron chi connectivity index (χ0n) is 18.5. The summed E-state index contributed by atoms with van der Waals surface area (Å²) >= 11 is 3.42. The van der Waals surface area contributed by atoms with Crippen LogP contribution in [-0.2, 0) is 16.1 Å². The lowest BCUT2D eigenvalue weighted by molar-refractivity contribution is -0.127. The van der Waals surface area contributed by atoms with Gasteiger partial charge in [-0.3, -0.25) is 9.69 Å². The van der Waals surface area contributed by atoms with Crippen LogP contribution in [0, 0.1) is 5.82 Å². The molecule has 0 bridgehead atoms. The van der Waals surface area contributed by atoms with Crippen LogP contribution >= 0.6 is 15.9 Å². The van der Waals surface area contributed by atoms with E-state index in [1.54, 1.807) is 23.1 Å². The number of oxazole rings is 1. The minimum absolute atomic E-state index is 0.133. The van der Waals surface area contributed by atoms with Crippen molar-refractivity contribution in [2.75, 3.05) is 33.3 Å². The number of carbonyl (C=O) groups is 2. The van der Waals surface area contributed by atoms with Gasteiger partial charge in [-0.25, -0.2) is 14.2 Å². The van der Waals surface area contributed by atoms with E-state index in [1.807, 2.05) is 24.3 Å². The van der Waals surface area contributed by atoms with Crippen LogP contribution in [0.3, 0.4) is 0 Å². The number of halogens is 2. The molecule has 1 aliphatic rings. The molecule has 9 heteroatoms. The Bertz CT molecular complexity index is 1200. The summed E-state index contributed by atoms with van der Waals surface area (Å²) in [5.74, 6) is -0.616. The summed E-state index contributed by atoms with van der Waals surface area (Å²) < 4.78 is 24.8. The zero-order chi connectivity index (χ0) is 24.1. The fourth-order valence-corrected chi connectivity index (χ4v) is 4.00. The molecule has 176 valence electrons. The molecule has 0 N–H and O–H groups in total. The van der Waals surface area contributed by atoms with E-state index in [0.29, 0.717) is 49.8 Å². The van der Waals surface area contributed by atoms with Gasteiger partial charge in [-0.1, -0.05) is 40.2 Å². The maximum Gasteiger partial charge on any atom is 0.360 e. The number of ether oxygens (including phenoxy) is 1. The van der Waals surface area contributed by atoms with Gasteiger partial charge in [-0.2, -0.15) is 0 Å². The zero-order valence-corrected chi connectivity index (χ0v) is 20.1. The minimum atomic E-state index is -0.544. The van der Waals surface area contributed by atoms with Crippen LogP contribution in [0.2, 0.25) is 0 Å². The lowest BCUT2D eigenvalue weighted by Gasteiger charge is -2.33. The first-order valence-corrected chi connectivity index (χ1v) is 11.5. The molecular weight excluding hydrogens is 505 g/mol. The SMILES string of the molecule is COC(=O)c1coc(CN2CCN(C(=O)/C=C(\c3ccc(Br)cc3)c3cccc(F)c3)CC2)n1. The van der Waals surface area contributed by atoms with Crippen molar-refractivity contribution >= 4 is 33.4 Å². The highest BCUT2D eigenvalue weighted by Gasteiger charge is 2.23. The van der Waals surface area contributed by atoms with Crippen molar-refractivity contribution in [2.24, 2.45) is 0 Å². The van der Waals surface area contributed by atoms with E-state index in [-0.39, 0.29) is 17.4 Å². The third-order valence-corrected chi connectivity index (χ3v) is 6.08. The van der Waals surface area contributed by atoms with Gasteiger partial charge in [0.05, 0.1) is 13.7 Å². The molecule has 4 rings (SSSR count). The van der Waals surface area contributed by atoms with Gasteiger partial charge in [0, 0.05) is 36.7 Å². The van der Waals surface area contributed by atoms with Crippen LogP contribution in [0.1, 0.15) is 27.5 Å². The molecular formula is C25H23BrFN3O4. The monoisotopic (exact) mass is 527 g/mol. The molecule has 0 unspecified atom stereocenters. The Morgan fingerprint density at radius 2 is 1.85 bits per heavy atom. The number of hydrogen-bond donors (Lipinski definition) is 0. The number of carbonyl (C=O) groups excluding carboxylic acids is 2. The van der Waals surface area contributed by atoms with Gasteiger partial charge >= 0.3 is 5.97 Å². The topological polar surface area (TPSA) is 75.9 Å². The smallest absolute Gasteiger partial charge is 0.360 e. The number of nitrogens with zero attached hydrogens (tertiary/aromatic N) is 3. The van der Waals surface area contributed by atoms with Crippen LogP contribution in [0.4, 0.5) is 4.39 Å². The van der Waals surface area contributed by atoms with Gasteiger partial charge in [-0.05, 0) is 41.0 Å². The second-order valence-electron chi connectivity index (χ2n) is 7.79. The fraction of sp³-hybridized carbons (Fsp3) is 0.240. The van der Waals surface area contributed by atoms with E-state index >= 15 is 0 Å². The fourth-order valence-electron chi connectivity index (χ4n) is 3.73. The second kappa shape index (κ2) is 10.8. The predicted molar refractivity (Wildman–Crippen MR) is 127 cm³/mol. The number of hydrogen-bond acceptors (Lipinski definition) is 6. The van der Waals surface area contributed by atoms with Crippen LogP contribution in [-0.4, -0.2) is 59.9 Å². The minimum Gasteiger partial charge on any atom is -0.464 e. The summed E-state index contributed by atoms with van der Waals surface area (Å²) in [6, 6.07) is 13.8. The second-order valence-corrected chi connectivity index (χ2v) is 8.71. The number of methoxy groups -OCH3 is 1. The highest BCUT2D eigenvalue weighted by Crippen LogP contribution is 2.26. The van der Waals surface area contributed by atoms with Crippen LogP contribution in [0.25, 0.3) is 5.57 Å². The molecule has 2 aromatic carbocycles. The van der Waals surface area contributed by atoms with Crippen LogP contribution in [0.15, 0.2) is 69.8 Å². The normalized spacial score (nSPS) is 14.8. The molecule has 2 heterocycles. The van der Waals surface area contributed by atoms with Crippen LogP contribution in [0.5, 0.6) is 0 Å². The number of esters is 1. The van der Waals surface area contributed by atoms with Gasteiger partial charge in [0.25, 0.3) is 0 Å². The molecule has 0 saturated carbocycles. The summed E-state index contributed by atoms with van der Waals surface area (Å²) in [6.07, 6.45) is 2.85. The first-order valence-electron chi connectivity index (χ1n) is 10.7. The van der Waals surface area contributed by atoms with Crippen molar-refractivity contribution in [3.05, 3.63) is 93.9 Å². The third-order valence-electron chi connectivity index (χ3n) is 5.55. The highest BCUT2D eigenvalue weighted by atomic mass is 79.9. The average Bonchev–Trinajstić information content (AvgIpc) is 3.31. The number of amides is 1. The van der Waals surface area contributed by atoms with Gasteiger partial charge in [0.15, 0.2) is 5.69 Å². The van der Waals surface area contributed by atoms with E-state index in [1.165, 1.54) is 25.5 Å². The Labute approximate surface area is 205 Å². The van der Waals surface area contributed by atoms with Crippen molar-refractivity contribution in [1.29, 1.82) is 0 Å². The number of rotatable bonds is 6. The summed E-state index contributed by atoms with van der Waals surface area (Å²) in [7, 11) is 1.29. The molecule has 1 aromatic heterocycles. The Hall–Kier alpha value is -3.30. The molecule has 1 fully saturated rings. The molecule has 34 heavy (non-hydrogen) atoms. The molecule has 0 radical (unpaired) electrons. The molecule has 0 aliphatic carbocycles. The van der Waals surface area contributed by atoms with E-state index in [0.717, 1.165) is 10.0 Å². The summed E-state index contributed by atoms with van der Waals surface area (Å²) in [6.45, 7) is 2.74. The highest BCUT2D eigenvalue weighted by molar-refractivity contribution is 9.10. The average molecular weight is 528 g/mol. The molecule has 1 saturated heterocycles. The van der Waals surface area contributed by atoms with E-state index in [9.17, 15) is 14.0 Å². The number of piperazine rings is 1. The van der Waals surface area contributed by atoms with Crippen molar-refractivity contribution < 1.29 is 23.1 Å². The van der Waals surface area contributed by atoms with Gasteiger partial charge in [0.2, 0.25) is 11.8 Å². The van der Waals surface area contributed by atoms with Crippen molar-refractivity contribution in [1.82, 2.24) is 14.8 Å². The van der Waals surface area contributed by atoms with Gasteiger partial charge in [0.1, 0.15) is 12.1 Å². The quantitative estimate of drug-likeness (QED) is 0.354. The van der Waals surface area contributed by atoms with E-state index < -0.39 is 5.97 Å². The van der Waals surface area contributed by atoms with Crippen molar-refractivity contribution in [2.45, 2.75) is 6.54 Å². The molecule has 0 spiro atoms. The Balaban J connectivity index is 1.45. The van der Waals surface area contributed by atoms with E-state index in [4.69, 9.17) is 4.42 Å². The Morgan fingerprint density at radius 3 is 2.53 bits per heavy atom. The molecule has 3 aromatic rings. The van der Waals surface area contributed by atoms with Gasteiger partial charge < -0.3 is 14.1 Å². The Morgan fingerprint density at radius 1 is 1.12 bits per heavy atom. The largest absolute Gasteiger partial charge is 0.464 e. The molecule has 1 aliphatic heterocycles. The maximum absolute atomic E-state index is 13.9. The van der Waals surface area contributed by atoms with Crippen LogP contribution < -0.4 is 0 Å². The third kappa shape index (κ3) is 5.78. The first kappa shape index (κ1) is 23.8. The maximum atomic E-state index is 13.9. The standard InChI is InChI=1S/C25H23BrFN3O4/c1-33-25(32)22-16-34-23(28-22)15-29-9-11-30(12-10-29)24(31)14-21(17-5-7-19(26)8-6-17)18-3-2-4-20(27)13-18/h2-8,13-14,16H,9-12,15H2,1H3/b21-14+. The van der Waals surface area contributed by atoms with E-state index in [2.05, 4.69) is 30.6 Å². The Kier molecular flexibility index (Phi) is 7.54. The van der Waals surface area contributed by atoms with Crippen molar-refractivity contribution in [3.8, 4) is 0 Å². The lowest BCUT2D eigenvalue weighted by Crippen LogP contribution is -2.47. The van der Waals surface area contributed by atoms with Gasteiger partial charge in [-0.15, -0.1) is 0 Å². The predicted octanol–water partition coefficient (Wildman–Crippen LogP) is 4.14. The summed E-state index contributed by atoms with van der Waals surface area (Å²) in [4.78, 5) is 32.7. The summed E-state index contributed by atoms with van der Waals surface area (Å²) in [5, 5.41) is 0. The molecule has 7 nitrogen and oxygen atoms in total. The summed E-state index contributed by atoms with van der Waals surface area (Å²) in [5.41, 5.74) is 2.26. The molecule has 1 amide bonds. The number of benzene rings is 2.